The van der Waals surface area contributed by atoms with Gasteiger partial charge in [-0.25, -0.2) is 13.8 Å². The smallest absolute Gasteiger partial charge is 0.228 e. The topological polar surface area (TPSA) is 115 Å². The number of aliphatic hydroxyl groups is 1. The number of nitrogens with zero attached hydrogens (tertiary/aromatic N) is 6. The van der Waals surface area contributed by atoms with Crippen molar-refractivity contribution in [3.05, 3.63) is 40.5 Å². The number of halogens is 2. The lowest BCUT2D eigenvalue weighted by Gasteiger charge is -2.42. The number of β-amino-alcohol motifs (C(OH)–C–C–N with tert-alkyl or cyclic N) is 1. The minimum Gasteiger partial charge on any atom is -0.392 e. The zero-order valence-electron chi connectivity index (χ0n) is 30.0. The van der Waals surface area contributed by atoms with Crippen LogP contribution < -0.4 is 15.5 Å². The maximum atomic E-state index is 17.4. The molecule has 0 saturated carbocycles. The van der Waals surface area contributed by atoms with Gasteiger partial charge in [0.2, 0.25) is 5.95 Å². The molecule has 3 saturated heterocycles. The lowest BCUT2D eigenvalue weighted by atomic mass is 9.90. The Morgan fingerprint density at radius 3 is 2.34 bits per heavy atom. The van der Waals surface area contributed by atoms with Crippen LogP contribution in [0.4, 0.5) is 25.5 Å². The van der Waals surface area contributed by atoms with Gasteiger partial charge >= 0.3 is 0 Å². The van der Waals surface area contributed by atoms with Crippen molar-refractivity contribution >= 4 is 49.1 Å². The van der Waals surface area contributed by atoms with E-state index >= 15 is 8.78 Å². The summed E-state index contributed by atoms with van der Waals surface area (Å²) in [4.78, 5) is 16.9. The maximum absolute atomic E-state index is 17.4. The van der Waals surface area contributed by atoms with E-state index in [1.165, 1.54) is 23.8 Å². The van der Waals surface area contributed by atoms with E-state index in [1.54, 1.807) is 6.07 Å². The predicted molar refractivity (Wildman–Crippen MR) is 199 cm³/mol. The highest BCUT2D eigenvalue weighted by Crippen LogP contribution is 2.49. The Balaban J connectivity index is 0.000000822. The van der Waals surface area contributed by atoms with Gasteiger partial charge in [0.15, 0.2) is 5.82 Å². The van der Waals surface area contributed by atoms with Gasteiger partial charge in [-0.1, -0.05) is 41.0 Å². The molecule has 4 aliphatic rings. The number of aliphatic hydroxyl groups excluding tert-OH is 1. The molecular formula is C38H49F2N7O2S. The van der Waals surface area contributed by atoms with Crippen molar-refractivity contribution in [2.24, 2.45) is 5.92 Å². The average Bonchev–Trinajstić information content (AvgIpc) is 3.87. The van der Waals surface area contributed by atoms with Gasteiger partial charge in [-0.2, -0.15) is 10.2 Å². The number of fused-ring (bicyclic) bond motifs is 6. The van der Waals surface area contributed by atoms with Gasteiger partial charge in [0.25, 0.3) is 0 Å². The third kappa shape index (κ3) is 6.27. The summed E-state index contributed by atoms with van der Waals surface area (Å²) in [6, 6.07) is 5.34. The molecule has 50 heavy (non-hydrogen) atoms. The van der Waals surface area contributed by atoms with Crippen LogP contribution in [0.1, 0.15) is 83.9 Å². The van der Waals surface area contributed by atoms with E-state index in [2.05, 4.69) is 41.5 Å². The van der Waals surface area contributed by atoms with Crippen LogP contribution in [-0.4, -0.2) is 70.9 Å². The molecule has 2 aromatic heterocycles. The molecule has 4 atom stereocenters. The monoisotopic (exact) mass is 705 g/mol. The van der Waals surface area contributed by atoms with Crippen LogP contribution in [0.3, 0.4) is 0 Å². The van der Waals surface area contributed by atoms with Gasteiger partial charge in [-0.05, 0) is 55.4 Å². The van der Waals surface area contributed by atoms with Crippen LogP contribution in [-0.2, 0) is 18.0 Å². The van der Waals surface area contributed by atoms with E-state index < -0.39 is 17.7 Å². The summed E-state index contributed by atoms with van der Waals surface area (Å²) < 4.78 is 39.9. The van der Waals surface area contributed by atoms with Crippen molar-refractivity contribution in [2.75, 3.05) is 48.3 Å². The minimum absolute atomic E-state index is 0.0291. The lowest BCUT2D eigenvalue weighted by molar-refractivity contribution is 0.111. The van der Waals surface area contributed by atoms with Crippen molar-refractivity contribution in [1.82, 2.24) is 14.9 Å². The fraction of sp³-hybridized carbons (Fsp3) is 0.553. The number of nitrogens with two attached hydrogens (primary N) is 1. The number of ether oxygens (including phenoxy) is 1. The van der Waals surface area contributed by atoms with Gasteiger partial charge < -0.3 is 25.4 Å². The van der Waals surface area contributed by atoms with E-state index in [0.717, 1.165) is 51.0 Å². The zero-order chi connectivity index (χ0) is 35.9. The molecule has 8 rings (SSSR count). The zero-order valence-corrected chi connectivity index (χ0v) is 30.8. The van der Waals surface area contributed by atoms with Gasteiger partial charge in [-0.15, -0.1) is 11.3 Å². The number of hydrogen-bond acceptors (Lipinski definition) is 10. The summed E-state index contributed by atoms with van der Waals surface area (Å²) >= 11 is 1.19. The van der Waals surface area contributed by atoms with E-state index in [0.29, 0.717) is 45.3 Å². The SMILES string of the molecule is CC.CC(O)CN1CC2CCC(C1)N2c1nc(N2CCC(C)C2)nc2c(F)c(-c3c(F)ccc4sc(N)c(C#N)c34)c3c(c12)COC3.CCC. The van der Waals surface area contributed by atoms with Gasteiger partial charge in [0.1, 0.15) is 28.2 Å². The molecule has 3 fully saturated rings. The highest BCUT2D eigenvalue weighted by Gasteiger charge is 2.43. The number of thiophene rings is 1. The molecule has 4 aromatic rings. The molecule has 3 N–H and O–H groups in total. The van der Waals surface area contributed by atoms with Crippen molar-refractivity contribution in [2.45, 2.75) is 98.6 Å². The second kappa shape index (κ2) is 14.9. The summed E-state index contributed by atoms with van der Waals surface area (Å²) in [7, 11) is 0. The van der Waals surface area contributed by atoms with E-state index in [-0.39, 0.29) is 52.5 Å². The number of aromatic nitrogens is 2. The van der Waals surface area contributed by atoms with Crippen LogP contribution in [0.2, 0.25) is 0 Å². The van der Waals surface area contributed by atoms with Crippen molar-refractivity contribution in [3.63, 3.8) is 0 Å². The van der Waals surface area contributed by atoms with E-state index in [1.807, 2.05) is 20.8 Å². The first-order valence-corrected chi connectivity index (χ1v) is 18.9. The fourth-order valence-corrected chi connectivity index (χ4v) is 9.03. The Hall–Kier alpha value is -3.63. The van der Waals surface area contributed by atoms with Crippen LogP contribution in [0.5, 0.6) is 0 Å². The minimum atomic E-state index is -0.633. The quantitative estimate of drug-likeness (QED) is 0.217. The molecule has 12 heteroatoms. The average molecular weight is 706 g/mol. The number of likely N-dealkylation sites (tertiary alicyclic amines) is 1. The molecule has 6 heterocycles. The predicted octanol–water partition coefficient (Wildman–Crippen LogP) is 7.60. The number of nitriles is 1. The molecule has 0 amide bonds. The van der Waals surface area contributed by atoms with Crippen LogP contribution in [0.25, 0.3) is 32.1 Å². The normalized spacial score (nSPS) is 21.9. The van der Waals surface area contributed by atoms with Gasteiger partial charge in [0, 0.05) is 66.0 Å². The number of hydrogen-bond donors (Lipinski definition) is 2. The first-order valence-electron chi connectivity index (χ1n) is 18.1. The molecular weight excluding hydrogens is 657 g/mol. The summed E-state index contributed by atoms with van der Waals surface area (Å²) in [5.74, 6) is 0.391. The number of benzene rings is 2. The Labute approximate surface area is 297 Å². The number of nitrogen functional groups attached to an aromatic ring is 1. The molecule has 0 aliphatic carbocycles. The molecule has 4 unspecified atom stereocenters. The third-order valence-corrected chi connectivity index (χ3v) is 11.0. The molecule has 4 aliphatic heterocycles. The summed E-state index contributed by atoms with van der Waals surface area (Å²) in [5, 5.41) is 21.3. The van der Waals surface area contributed by atoms with Crippen molar-refractivity contribution < 1.29 is 18.6 Å². The molecule has 0 spiro atoms. The first-order chi connectivity index (χ1) is 24.1. The summed E-state index contributed by atoms with van der Waals surface area (Å²) in [6.45, 7) is 16.3. The van der Waals surface area contributed by atoms with E-state index in [9.17, 15) is 10.4 Å². The van der Waals surface area contributed by atoms with E-state index in [4.69, 9.17) is 20.4 Å². The lowest BCUT2D eigenvalue weighted by Crippen LogP contribution is -2.55. The largest absolute Gasteiger partial charge is 0.392 e. The highest BCUT2D eigenvalue weighted by molar-refractivity contribution is 7.23. The molecule has 268 valence electrons. The number of anilines is 3. The Bertz CT molecular complexity index is 1910. The molecule has 2 bridgehead atoms. The molecule has 0 radical (unpaired) electrons. The third-order valence-electron chi connectivity index (χ3n) is 9.99. The van der Waals surface area contributed by atoms with Crippen molar-refractivity contribution in [1.29, 1.82) is 5.26 Å². The summed E-state index contributed by atoms with van der Waals surface area (Å²) in [6.07, 6.45) is 3.78. The van der Waals surface area contributed by atoms with Crippen molar-refractivity contribution in [3.8, 4) is 17.2 Å². The standard InChI is InChI=1S/C33H35F2N7O2S.C3H8.C2H6/c1-16-7-8-41(10-16)33-38-30-27(32(39-33)42-18-3-4-19(42)13-40(12-18)11-17(2)43)22-15-44-14-21(22)26(29(30)35)28-23(34)5-6-24-25(28)20(9-36)31(37)45-24;1-3-2;1-2/h5-6,16-19,43H,3-4,7-8,10-15,37H2,1-2H3;3H2,1-2H3;1-2H3. The highest BCUT2D eigenvalue weighted by atomic mass is 32.1. The van der Waals surface area contributed by atoms with Crippen LogP contribution in [0, 0.1) is 28.9 Å². The second-order valence-corrected chi connectivity index (χ2v) is 14.9. The molecule has 9 nitrogen and oxygen atoms in total. The fourth-order valence-electron chi connectivity index (χ4n) is 8.10. The summed E-state index contributed by atoms with van der Waals surface area (Å²) in [5.41, 5.74) is 7.92. The maximum Gasteiger partial charge on any atom is 0.228 e. The Morgan fingerprint density at radius 1 is 1.04 bits per heavy atom. The van der Waals surface area contributed by atoms with Gasteiger partial charge in [-0.3, -0.25) is 4.90 Å². The number of piperazine rings is 1. The second-order valence-electron chi connectivity index (χ2n) is 13.9. The molecule has 2 aromatic carbocycles. The number of rotatable bonds is 5. The van der Waals surface area contributed by atoms with Gasteiger partial charge in [0.05, 0.1) is 30.3 Å². The Morgan fingerprint density at radius 2 is 1.72 bits per heavy atom. The van der Waals surface area contributed by atoms with Crippen LogP contribution in [0.15, 0.2) is 12.1 Å². The van der Waals surface area contributed by atoms with Crippen LogP contribution >= 0.6 is 11.3 Å². The Kier molecular flexibility index (Phi) is 10.8. The first kappa shape index (κ1) is 36.2.